The Morgan fingerprint density at radius 1 is 1.07 bits per heavy atom. The lowest BCUT2D eigenvalue weighted by Gasteiger charge is -2.33. The molecule has 4 aliphatic heterocycles. The highest BCUT2D eigenvalue weighted by Crippen LogP contribution is 2.40. The van der Waals surface area contributed by atoms with Crippen molar-refractivity contribution in [2.24, 2.45) is 7.05 Å². The first kappa shape index (κ1) is 28.3. The van der Waals surface area contributed by atoms with Crippen molar-refractivity contribution in [2.45, 2.75) is 70.0 Å². The smallest absolute Gasteiger partial charge is 0.318 e. The van der Waals surface area contributed by atoms with E-state index in [2.05, 4.69) is 63.5 Å². The molecule has 2 aromatic heterocycles. The van der Waals surface area contributed by atoms with Crippen LogP contribution in [0.15, 0.2) is 48.8 Å². The van der Waals surface area contributed by atoms with Crippen LogP contribution in [0.5, 0.6) is 6.01 Å². The summed E-state index contributed by atoms with van der Waals surface area (Å²) in [6, 6.07) is 13.6. The lowest BCUT2D eigenvalue weighted by molar-refractivity contribution is -0.117. The summed E-state index contributed by atoms with van der Waals surface area (Å²) in [5.41, 5.74) is 5.69. The Kier molecular flexibility index (Phi) is 7.12. The maximum Gasteiger partial charge on any atom is 0.318 e. The number of carbonyl (C=O) groups is 1. The number of ether oxygens (including phenoxy) is 1. The summed E-state index contributed by atoms with van der Waals surface area (Å²) in [5.74, 6) is 0.898. The summed E-state index contributed by atoms with van der Waals surface area (Å²) < 4.78 is 8.25. The van der Waals surface area contributed by atoms with Crippen LogP contribution in [0.4, 0.5) is 17.2 Å². The van der Waals surface area contributed by atoms with Crippen molar-refractivity contribution in [3.8, 4) is 6.01 Å². The van der Waals surface area contributed by atoms with Crippen LogP contribution in [-0.4, -0.2) is 74.9 Å². The van der Waals surface area contributed by atoms with Gasteiger partial charge in [0.2, 0.25) is 5.91 Å². The molecule has 234 valence electrons. The van der Waals surface area contributed by atoms with Gasteiger partial charge in [-0.2, -0.15) is 15.1 Å². The van der Waals surface area contributed by atoms with Crippen LogP contribution < -0.4 is 19.9 Å². The highest BCUT2D eigenvalue weighted by Gasteiger charge is 2.45. The molecule has 4 aliphatic rings. The summed E-state index contributed by atoms with van der Waals surface area (Å²) in [6.07, 6.45) is 10.6. The normalized spacial score (nSPS) is 21.0. The second kappa shape index (κ2) is 11.3. The van der Waals surface area contributed by atoms with Gasteiger partial charge in [-0.25, -0.2) is 0 Å². The zero-order valence-electron chi connectivity index (χ0n) is 26.3. The summed E-state index contributed by atoms with van der Waals surface area (Å²) in [4.78, 5) is 30.0. The fourth-order valence-corrected chi connectivity index (χ4v) is 8.21. The molecule has 1 N–H and O–H groups in total. The van der Waals surface area contributed by atoms with Gasteiger partial charge in [-0.1, -0.05) is 37.3 Å². The van der Waals surface area contributed by atoms with Gasteiger partial charge < -0.3 is 19.9 Å². The third kappa shape index (κ3) is 5.09. The highest BCUT2D eigenvalue weighted by atomic mass is 16.5. The van der Waals surface area contributed by atoms with E-state index in [0.717, 1.165) is 55.2 Å². The van der Waals surface area contributed by atoms with E-state index < -0.39 is 0 Å². The second-order valence-corrected chi connectivity index (χ2v) is 13.2. The monoisotopic (exact) mass is 606 g/mol. The van der Waals surface area contributed by atoms with Crippen LogP contribution in [0, 0.1) is 0 Å². The first-order valence-electron chi connectivity index (χ1n) is 16.6. The van der Waals surface area contributed by atoms with Crippen LogP contribution in [0.3, 0.4) is 0 Å². The van der Waals surface area contributed by atoms with Crippen molar-refractivity contribution in [1.29, 1.82) is 0 Å². The molecule has 0 aliphatic carbocycles. The van der Waals surface area contributed by atoms with Gasteiger partial charge in [0.25, 0.3) is 0 Å². The first-order valence-corrected chi connectivity index (χ1v) is 16.6. The van der Waals surface area contributed by atoms with Crippen molar-refractivity contribution in [1.82, 2.24) is 24.6 Å². The number of anilines is 3. The van der Waals surface area contributed by atoms with Crippen molar-refractivity contribution in [3.05, 3.63) is 65.6 Å². The number of aromatic nitrogens is 4. The van der Waals surface area contributed by atoms with E-state index in [1.165, 1.54) is 47.7 Å². The van der Waals surface area contributed by atoms with Gasteiger partial charge in [-0.05, 0) is 68.6 Å². The standard InChI is InChI=1S/C35H42N8O2/c1-3-24-8-4-9-25-10-5-11-30(32(24)25)41-17-12-28-29(22-41)38-34(45-23-35-13-6-15-42(35)16-7-14-35)39-33(28)37-26-18-31(44)43(20-26)27-19-36-40(2)21-27/h4-5,8-11,19,21,26H,3,6-7,12-18,20,22-23H2,1-2H3,(H,37,38,39). The van der Waals surface area contributed by atoms with Crippen molar-refractivity contribution < 1.29 is 9.53 Å². The summed E-state index contributed by atoms with van der Waals surface area (Å²) in [6.45, 7) is 7.28. The Morgan fingerprint density at radius 2 is 1.89 bits per heavy atom. The molecule has 4 aromatic rings. The van der Waals surface area contributed by atoms with Crippen LogP contribution in [0.25, 0.3) is 10.8 Å². The molecule has 10 nitrogen and oxygen atoms in total. The third-order valence-electron chi connectivity index (χ3n) is 10.5. The van der Waals surface area contributed by atoms with E-state index in [4.69, 9.17) is 14.7 Å². The minimum absolute atomic E-state index is 0.0634. The van der Waals surface area contributed by atoms with E-state index in [9.17, 15) is 4.79 Å². The molecule has 0 spiro atoms. The lowest BCUT2D eigenvalue weighted by Crippen LogP contribution is -2.43. The van der Waals surface area contributed by atoms with Crippen molar-refractivity contribution in [2.75, 3.05) is 47.9 Å². The topological polar surface area (TPSA) is 91.7 Å². The Balaban J connectivity index is 1.11. The number of rotatable bonds is 8. The zero-order valence-corrected chi connectivity index (χ0v) is 26.3. The number of nitrogens with zero attached hydrogens (tertiary/aromatic N) is 7. The summed E-state index contributed by atoms with van der Waals surface area (Å²) in [5, 5.41) is 10.5. The molecule has 3 saturated heterocycles. The number of benzene rings is 2. The highest BCUT2D eigenvalue weighted by molar-refractivity contribution is 5.97. The zero-order chi connectivity index (χ0) is 30.5. The first-order chi connectivity index (χ1) is 22.0. The summed E-state index contributed by atoms with van der Waals surface area (Å²) >= 11 is 0. The number of hydrogen-bond donors (Lipinski definition) is 1. The molecule has 3 fully saturated rings. The fourth-order valence-electron chi connectivity index (χ4n) is 8.21. The summed E-state index contributed by atoms with van der Waals surface area (Å²) in [7, 11) is 1.87. The second-order valence-electron chi connectivity index (χ2n) is 13.2. The molecule has 8 rings (SSSR count). The third-order valence-corrected chi connectivity index (χ3v) is 10.5. The molecule has 1 atom stereocenters. The van der Waals surface area contributed by atoms with Crippen LogP contribution in [0.1, 0.15) is 55.8 Å². The molecule has 0 radical (unpaired) electrons. The predicted molar refractivity (Wildman–Crippen MR) is 176 cm³/mol. The Hall–Kier alpha value is -4.18. The van der Waals surface area contributed by atoms with Crippen LogP contribution in [-0.2, 0) is 31.2 Å². The molecular formula is C35H42N8O2. The predicted octanol–water partition coefficient (Wildman–Crippen LogP) is 4.71. The van der Waals surface area contributed by atoms with Gasteiger partial charge in [-0.3, -0.25) is 14.4 Å². The quantitative estimate of drug-likeness (QED) is 0.308. The number of nitrogens with one attached hydrogen (secondary N) is 1. The minimum atomic E-state index is -0.0634. The van der Waals surface area contributed by atoms with Gasteiger partial charge in [0.1, 0.15) is 12.4 Å². The largest absolute Gasteiger partial charge is 0.461 e. The number of hydrogen-bond acceptors (Lipinski definition) is 8. The van der Waals surface area contributed by atoms with Gasteiger partial charge in [-0.15, -0.1) is 0 Å². The van der Waals surface area contributed by atoms with Crippen molar-refractivity contribution in [3.63, 3.8) is 0 Å². The number of fused-ring (bicyclic) bond motifs is 3. The molecule has 10 heteroatoms. The average Bonchev–Trinajstić information content (AvgIpc) is 3.83. The van der Waals surface area contributed by atoms with E-state index >= 15 is 0 Å². The van der Waals surface area contributed by atoms with Gasteiger partial charge >= 0.3 is 6.01 Å². The van der Waals surface area contributed by atoms with E-state index in [1.807, 2.05) is 18.1 Å². The molecular weight excluding hydrogens is 564 g/mol. The maximum absolute atomic E-state index is 13.0. The van der Waals surface area contributed by atoms with Crippen molar-refractivity contribution >= 4 is 33.9 Å². The molecule has 45 heavy (non-hydrogen) atoms. The molecule has 2 aromatic carbocycles. The molecule has 1 amide bonds. The van der Waals surface area contributed by atoms with E-state index in [1.54, 1.807) is 10.9 Å². The average molecular weight is 607 g/mol. The maximum atomic E-state index is 13.0. The number of amides is 1. The van der Waals surface area contributed by atoms with Gasteiger partial charge in [0, 0.05) is 49.4 Å². The molecule has 1 unspecified atom stereocenters. The number of carbonyl (C=O) groups excluding carboxylic acids is 1. The van der Waals surface area contributed by atoms with E-state index in [0.29, 0.717) is 32.1 Å². The fraction of sp³-hybridized carbons (Fsp3) is 0.486. The molecule has 0 bridgehead atoms. The molecule has 0 saturated carbocycles. The van der Waals surface area contributed by atoms with Gasteiger partial charge in [0.15, 0.2) is 0 Å². The Labute approximate surface area is 264 Å². The Morgan fingerprint density at radius 3 is 2.67 bits per heavy atom. The number of aryl methyl sites for hydroxylation is 2. The Bertz CT molecular complexity index is 1740. The van der Waals surface area contributed by atoms with Crippen LogP contribution >= 0.6 is 0 Å². The minimum Gasteiger partial charge on any atom is -0.461 e. The van der Waals surface area contributed by atoms with Crippen LogP contribution in [0.2, 0.25) is 0 Å². The van der Waals surface area contributed by atoms with E-state index in [-0.39, 0.29) is 17.5 Å². The van der Waals surface area contributed by atoms with Gasteiger partial charge in [0.05, 0.1) is 35.7 Å². The lowest BCUT2D eigenvalue weighted by atomic mass is 9.95. The molecule has 6 heterocycles. The SMILES string of the molecule is CCc1cccc2cccc(N3CCc4c(nc(OCC56CCCN5CCC6)nc4NC4CC(=O)N(c5cnn(C)c5)C4)C3)c12.